The molecule has 102 valence electrons. The molecule has 1 aromatic carbocycles. The normalized spacial score (nSPS) is 11.5. The van der Waals surface area contributed by atoms with Crippen LogP contribution in [0, 0.1) is 13.8 Å². The van der Waals surface area contributed by atoms with Crippen molar-refractivity contribution in [2.45, 2.75) is 23.6 Å². The minimum Gasteiger partial charge on any atom is -0.280 e. The fourth-order valence-corrected chi connectivity index (χ4v) is 4.84. The van der Waals surface area contributed by atoms with Gasteiger partial charge in [-0.2, -0.15) is 0 Å². The molecule has 1 heterocycles. The maximum atomic E-state index is 12.3. The summed E-state index contributed by atoms with van der Waals surface area (Å²) in [4.78, 5) is 3.20. The van der Waals surface area contributed by atoms with Crippen LogP contribution in [0.25, 0.3) is 0 Å². The first kappa shape index (κ1) is 14.4. The number of rotatable bonds is 4. The maximum absolute atomic E-state index is 12.3. The summed E-state index contributed by atoms with van der Waals surface area (Å²) >= 11 is 3.07. The molecule has 0 unspecified atom stereocenters. The number of nitrogens with one attached hydrogen (secondary N) is 1. The van der Waals surface area contributed by atoms with Gasteiger partial charge in [-0.1, -0.05) is 6.07 Å². The number of hydrogen-bond acceptors (Lipinski definition) is 4. The smallest absolute Gasteiger partial charge is 0.262 e. The molecule has 0 spiro atoms. The molecule has 0 amide bonds. The first-order valence-electron chi connectivity index (χ1n) is 5.66. The molecular formula is C13H15NO2S3. The molecule has 0 saturated heterocycles. The van der Waals surface area contributed by atoms with Crippen molar-refractivity contribution in [3.63, 3.8) is 0 Å². The standard InChI is InChI=1S/C13H15NO2S3/c1-9-7-13(10(2)18-9)19(15,16)14-11-5-4-6-12(8-11)17-3/h4-8,14H,1-3H3. The zero-order valence-corrected chi connectivity index (χ0v) is 13.4. The predicted molar refractivity (Wildman–Crippen MR) is 82.8 cm³/mol. The third-order valence-electron chi connectivity index (χ3n) is 2.61. The fourth-order valence-electron chi connectivity index (χ4n) is 1.77. The highest BCUT2D eigenvalue weighted by Gasteiger charge is 2.19. The van der Waals surface area contributed by atoms with Crippen LogP contribution >= 0.6 is 23.1 Å². The van der Waals surface area contributed by atoms with Gasteiger partial charge in [0.1, 0.15) is 4.90 Å². The number of thioether (sulfide) groups is 1. The second-order valence-electron chi connectivity index (χ2n) is 4.11. The highest BCUT2D eigenvalue weighted by Crippen LogP contribution is 2.27. The van der Waals surface area contributed by atoms with Gasteiger partial charge < -0.3 is 0 Å². The van der Waals surface area contributed by atoms with Gasteiger partial charge in [0.25, 0.3) is 10.0 Å². The van der Waals surface area contributed by atoms with E-state index in [1.165, 1.54) is 11.3 Å². The number of benzene rings is 1. The van der Waals surface area contributed by atoms with Crippen molar-refractivity contribution in [2.24, 2.45) is 0 Å². The van der Waals surface area contributed by atoms with E-state index in [1.807, 2.05) is 38.3 Å². The molecule has 2 aromatic rings. The van der Waals surface area contributed by atoms with E-state index in [-0.39, 0.29) is 0 Å². The van der Waals surface area contributed by atoms with E-state index in [2.05, 4.69) is 4.72 Å². The van der Waals surface area contributed by atoms with Crippen molar-refractivity contribution >= 4 is 38.8 Å². The molecule has 0 aliphatic rings. The van der Waals surface area contributed by atoms with Crippen LogP contribution in [0.1, 0.15) is 9.75 Å². The molecule has 0 fully saturated rings. The lowest BCUT2D eigenvalue weighted by Crippen LogP contribution is -2.13. The first-order valence-corrected chi connectivity index (χ1v) is 9.19. The Morgan fingerprint density at radius 3 is 2.53 bits per heavy atom. The van der Waals surface area contributed by atoms with Crippen LogP contribution in [0.5, 0.6) is 0 Å². The van der Waals surface area contributed by atoms with Crippen LogP contribution in [0.4, 0.5) is 5.69 Å². The number of anilines is 1. The van der Waals surface area contributed by atoms with Gasteiger partial charge in [-0.05, 0) is 44.4 Å². The van der Waals surface area contributed by atoms with E-state index >= 15 is 0 Å². The summed E-state index contributed by atoms with van der Waals surface area (Å²) in [6.07, 6.45) is 1.96. The number of thiophene rings is 1. The molecular weight excluding hydrogens is 298 g/mol. The van der Waals surface area contributed by atoms with Crippen LogP contribution in [0.15, 0.2) is 40.1 Å². The van der Waals surface area contributed by atoms with Crippen LogP contribution in [0.3, 0.4) is 0 Å². The minimum atomic E-state index is -3.50. The molecule has 0 aliphatic heterocycles. The minimum absolute atomic E-state index is 0.365. The molecule has 1 N–H and O–H groups in total. The van der Waals surface area contributed by atoms with Crippen molar-refractivity contribution < 1.29 is 8.42 Å². The molecule has 0 bridgehead atoms. The van der Waals surface area contributed by atoms with E-state index in [0.717, 1.165) is 14.6 Å². The van der Waals surface area contributed by atoms with Crippen molar-refractivity contribution in [2.75, 3.05) is 11.0 Å². The lowest BCUT2D eigenvalue weighted by atomic mass is 10.3. The second kappa shape index (κ2) is 5.56. The summed E-state index contributed by atoms with van der Waals surface area (Å²) in [7, 11) is -3.50. The Morgan fingerprint density at radius 1 is 1.21 bits per heavy atom. The summed E-state index contributed by atoms with van der Waals surface area (Å²) in [5.41, 5.74) is 0.593. The maximum Gasteiger partial charge on any atom is 0.262 e. The molecule has 0 aliphatic carbocycles. The Hall–Kier alpha value is -0.980. The van der Waals surface area contributed by atoms with Gasteiger partial charge in [0.15, 0.2) is 0 Å². The highest BCUT2D eigenvalue weighted by molar-refractivity contribution is 7.98. The highest BCUT2D eigenvalue weighted by atomic mass is 32.2. The second-order valence-corrected chi connectivity index (χ2v) is 8.11. The van der Waals surface area contributed by atoms with Gasteiger partial charge in [-0.25, -0.2) is 8.42 Å². The molecule has 0 atom stereocenters. The lowest BCUT2D eigenvalue weighted by molar-refractivity contribution is 0.601. The van der Waals surface area contributed by atoms with E-state index in [4.69, 9.17) is 0 Å². The van der Waals surface area contributed by atoms with Gasteiger partial charge in [-0.15, -0.1) is 23.1 Å². The Balaban J connectivity index is 2.33. The Bertz CT molecular complexity index is 690. The SMILES string of the molecule is CSc1cccc(NS(=O)(=O)c2cc(C)sc2C)c1. The zero-order valence-electron chi connectivity index (χ0n) is 10.9. The zero-order chi connectivity index (χ0) is 14.0. The van der Waals surface area contributed by atoms with E-state index < -0.39 is 10.0 Å². The Kier molecular flexibility index (Phi) is 4.23. The fraction of sp³-hybridized carbons (Fsp3) is 0.231. The van der Waals surface area contributed by atoms with Crippen molar-refractivity contribution in [1.29, 1.82) is 0 Å². The molecule has 19 heavy (non-hydrogen) atoms. The summed E-state index contributed by atoms with van der Waals surface area (Å²) in [5.74, 6) is 0. The predicted octanol–water partition coefficient (Wildman–Crippen LogP) is 3.89. The monoisotopic (exact) mass is 313 g/mol. The van der Waals surface area contributed by atoms with Crippen LogP contribution in [0.2, 0.25) is 0 Å². The number of sulfonamides is 1. The summed E-state index contributed by atoms with van der Waals surface area (Å²) in [6, 6.07) is 9.08. The van der Waals surface area contributed by atoms with E-state index in [1.54, 1.807) is 23.9 Å². The average molecular weight is 313 g/mol. The van der Waals surface area contributed by atoms with Crippen LogP contribution in [-0.4, -0.2) is 14.7 Å². The molecule has 0 radical (unpaired) electrons. The van der Waals surface area contributed by atoms with Crippen LogP contribution < -0.4 is 4.72 Å². The van der Waals surface area contributed by atoms with Gasteiger partial charge in [0.2, 0.25) is 0 Å². The lowest BCUT2D eigenvalue weighted by Gasteiger charge is -2.08. The summed E-state index contributed by atoms with van der Waals surface area (Å²) in [6.45, 7) is 3.73. The van der Waals surface area contributed by atoms with Crippen molar-refractivity contribution in [1.82, 2.24) is 0 Å². The van der Waals surface area contributed by atoms with Gasteiger partial charge in [0, 0.05) is 20.3 Å². The van der Waals surface area contributed by atoms with Crippen molar-refractivity contribution in [3.8, 4) is 0 Å². The summed E-state index contributed by atoms with van der Waals surface area (Å²) in [5, 5.41) is 0. The third-order valence-corrected chi connectivity index (χ3v) is 5.93. The Morgan fingerprint density at radius 2 is 1.95 bits per heavy atom. The quantitative estimate of drug-likeness (QED) is 0.871. The first-order chi connectivity index (χ1) is 8.92. The molecule has 6 heteroatoms. The summed E-state index contributed by atoms with van der Waals surface area (Å²) < 4.78 is 27.3. The van der Waals surface area contributed by atoms with Gasteiger partial charge in [0.05, 0.1) is 0 Å². The number of aryl methyl sites for hydroxylation is 2. The molecule has 0 saturated carbocycles. The van der Waals surface area contributed by atoms with Gasteiger partial charge >= 0.3 is 0 Å². The topological polar surface area (TPSA) is 46.2 Å². The average Bonchev–Trinajstić information content (AvgIpc) is 2.69. The van der Waals surface area contributed by atoms with E-state index in [9.17, 15) is 8.42 Å². The third kappa shape index (κ3) is 3.32. The molecule has 2 rings (SSSR count). The van der Waals surface area contributed by atoms with Crippen LogP contribution in [-0.2, 0) is 10.0 Å². The number of hydrogen-bond donors (Lipinski definition) is 1. The largest absolute Gasteiger partial charge is 0.280 e. The molecule has 3 nitrogen and oxygen atoms in total. The van der Waals surface area contributed by atoms with Gasteiger partial charge in [-0.3, -0.25) is 4.72 Å². The Labute approximate surface area is 122 Å². The van der Waals surface area contributed by atoms with E-state index in [0.29, 0.717) is 10.6 Å². The van der Waals surface area contributed by atoms with Crippen molar-refractivity contribution in [3.05, 3.63) is 40.1 Å². The molecule has 1 aromatic heterocycles.